The summed E-state index contributed by atoms with van der Waals surface area (Å²) in [6.07, 6.45) is 22.5. The summed E-state index contributed by atoms with van der Waals surface area (Å²) < 4.78 is 67.8. The van der Waals surface area contributed by atoms with Crippen LogP contribution in [-0.4, -0.2) is 127 Å². The molecule has 2 saturated heterocycles. The summed E-state index contributed by atoms with van der Waals surface area (Å²) in [7, 11) is -0.627. The fourth-order valence-electron chi connectivity index (χ4n) is 11.4. The number of rotatable bonds is 50. The summed E-state index contributed by atoms with van der Waals surface area (Å²) in [6, 6.07) is 38.1. The second-order valence-corrected chi connectivity index (χ2v) is 44.6. The van der Waals surface area contributed by atoms with Crippen LogP contribution in [0.15, 0.2) is 220 Å². The first kappa shape index (κ1) is 114. The molecule has 0 bridgehead atoms. The van der Waals surface area contributed by atoms with Crippen molar-refractivity contribution < 1.29 is 86.3 Å². The zero-order valence-electron chi connectivity index (χ0n) is 74.8. The van der Waals surface area contributed by atoms with Gasteiger partial charge in [0, 0.05) is 125 Å². The number of unbranched alkanes of at least 4 members (excludes halogenated alkanes) is 8. The van der Waals surface area contributed by atoms with Gasteiger partial charge in [-0.05, 0) is 278 Å². The van der Waals surface area contributed by atoms with Gasteiger partial charge in [0.05, 0.1) is 68.2 Å². The minimum Gasteiger partial charge on any atom is -0.481 e. The molecule has 0 aliphatic carbocycles. The maximum Gasteiger partial charge on any atom is 0.505 e. The highest BCUT2D eigenvalue weighted by Gasteiger charge is 2.53. The molecule has 0 aromatic carbocycles. The summed E-state index contributed by atoms with van der Waals surface area (Å²) in [6.45, 7) is 50.4. The van der Waals surface area contributed by atoms with Gasteiger partial charge in [0.1, 0.15) is 18.3 Å². The number of ether oxygens (including phenoxy) is 7. The van der Waals surface area contributed by atoms with Crippen molar-refractivity contribution in [3.8, 4) is 39.0 Å². The third kappa shape index (κ3) is 41.8. The lowest BCUT2D eigenvalue weighted by Gasteiger charge is -2.32. The highest BCUT2D eigenvalue weighted by Crippen LogP contribution is 2.45. The molecule has 9 aromatic rings. The number of aliphatic hydroxyl groups excluding tert-OH is 2. The Morgan fingerprint density at radius 2 is 0.698 bits per heavy atom. The normalized spacial score (nSPS) is 13.6. The standard InChI is InChI=1S/C40H46O6S4.C20H28B2O4S2.C16H21BrO3S.C11H15IO3S.C5H6OS.C5H8O.CH4/c1-5-29(6-2)45-39(41)15-11-9-13-25-43-27-31-17-19-33(47-31)35-21-23-37(49-35)38-24-22-36(50-38)34-20-18-32(48-34)28-44-26-14-10-12-16-40(42)46-30(7-3)8-4;1-17(2)18(3,4)24-21(23-17)15-11-9-13(27-15)14-10-12-16(28-14)22-25-19(5,6)20(7,8)26-22;1-3-13(4-2)20-16(18)8-6-5-7-11-19-12-14-9-10-15(17)21-14;12-10-6-5-9(16-10)8-15-7-3-1-2-4-11(13)14;6-4-5-2-1-3-7-5;1-3-5(6)4-2;/h5-8,17-24,29-30H,1-4,9-16,25-28H2;9-12H,1-8H3;3-4,9-10,13H,1-2,5-8,11-12H2;5-6H,1-4,7-8H2,(H,13,14);1-3,6H,4H2;3-6H,1-2H2;1H4. The number of carbonyl (C=O) groups is 4. The van der Waals surface area contributed by atoms with E-state index in [1.54, 1.807) is 116 Å². The van der Waals surface area contributed by atoms with Crippen molar-refractivity contribution in [3.63, 3.8) is 0 Å². The van der Waals surface area contributed by atoms with Crippen molar-refractivity contribution in [2.75, 3.05) is 26.4 Å². The Labute approximate surface area is 824 Å². The lowest BCUT2D eigenvalue weighted by molar-refractivity contribution is -0.146. The van der Waals surface area contributed by atoms with Crippen molar-refractivity contribution >= 4 is 188 Å². The molecule has 18 nitrogen and oxygen atoms in total. The average molecular weight is 2110 g/mol. The van der Waals surface area contributed by atoms with Gasteiger partial charge in [0.2, 0.25) is 0 Å². The van der Waals surface area contributed by atoms with E-state index in [0.29, 0.717) is 72.1 Å². The molecule has 0 saturated carbocycles. The van der Waals surface area contributed by atoms with E-state index in [1.165, 1.54) is 73.6 Å². The molecule has 3 N–H and O–H groups in total. The summed E-state index contributed by atoms with van der Waals surface area (Å²) >= 11 is 21.3. The van der Waals surface area contributed by atoms with Gasteiger partial charge in [-0.25, -0.2) is 0 Å². The monoisotopic (exact) mass is 2110 g/mol. The summed E-state index contributed by atoms with van der Waals surface area (Å²) in [5, 5.41) is 27.3. The zero-order valence-corrected chi connectivity index (χ0v) is 85.9. The van der Waals surface area contributed by atoms with E-state index in [1.807, 2.05) is 46.3 Å². The summed E-state index contributed by atoms with van der Waals surface area (Å²) in [4.78, 5) is 61.3. The van der Waals surface area contributed by atoms with Gasteiger partial charge < -0.3 is 67.1 Å². The predicted molar refractivity (Wildman–Crippen MR) is 557 cm³/mol. The van der Waals surface area contributed by atoms with Crippen molar-refractivity contribution in [1.82, 2.24) is 0 Å². The fraction of sp³-hybridized carbons (Fsp3) is 0.429. The van der Waals surface area contributed by atoms with Crippen molar-refractivity contribution in [2.24, 2.45) is 0 Å². The first-order valence-electron chi connectivity index (χ1n) is 42.5. The van der Waals surface area contributed by atoms with Crippen LogP contribution in [0.25, 0.3) is 39.0 Å². The number of aliphatic hydroxyl groups is 2. The second-order valence-electron chi connectivity index (χ2n) is 31.2. The Hall–Kier alpha value is -5.96. The van der Waals surface area contributed by atoms with Crippen molar-refractivity contribution in [3.05, 3.63) is 247 Å². The lowest BCUT2D eigenvalue weighted by atomic mass is 9.88. The number of carboxylic acid groups (broad SMARTS) is 1. The van der Waals surface area contributed by atoms with Gasteiger partial charge in [0.25, 0.3) is 0 Å². The number of halogens is 2. The van der Waals surface area contributed by atoms with Gasteiger partial charge >= 0.3 is 38.1 Å². The van der Waals surface area contributed by atoms with Crippen LogP contribution in [0.2, 0.25) is 0 Å². The Bertz CT molecular complexity index is 4550. The molecule has 11 rings (SSSR count). The van der Waals surface area contributed by atoms with Crippen LogP contribution in [0.1, 0.15) is 190 Å². The Balaban J connectivity index is 0.000000313. The van der Waals surface area contributed by atoms with E-state index in [2.05, 4.69) is 238 Å². The molecule has 2 aliphatic rings. The maximum absolute atomic E-state index is 11.8. The lowest BCUT2D eigenvalue weighted by Crippen LogP contribution is -2.41. The molecule has 702 valence electrons. The van der Waals surface area contributed by atoms with E-state index in [0.717, 1.165) is 95.3 Å². The molecule has 2 aliphatic heterocycles. The van der Waals surface area contributed by atoms with Crippen LogP contribution in [0.5, 0.6) is 0 Å². The highest BCUT2D eigenvalue weighted by atomic mass is 127. The quantitative estimate of drug-likeness (QED) is 0.00803. The Morgan fingerprint density at radius 1 is 0.395 bits per heavy atom. The zero-order chi connectivity index (χ0) is 93.5. The molecule has 9 aromatic heterocycles. The van der Waals surface area contributed by atoms with E-state index < -0.39 is 24.3 Å². The van der Waals surface area contributed by atoms with Crippen LogP contribution >= 0.6 is 141 Å². The van der Waals surface area contributed by atoms with E-state index in [4.69, 9.17) is 67.1 Å². The van der Waals surface area contributed by atoms with Crippen molar-refractivity contribution in [1.29, 1.82) is 0 Å². The Morgan fingerprint density at radius 3 is 0.977 bits per heavy atom. The molecule has 2 fully saturated rings. The molecule has 0 amide bonds. The SMILES string of the molecule is C.C=CC(C=C)OC(=O)CCCCCOCc1ccc(-c2ccc(-c3ccc(-c4ccc(COCCCCCC(=O)OC(C=C)C=C)s4)s3)s2)s1.C=CC(C=C)OC(=O)CCCCCOCc1ccc(Br)s1.C=CC(O)C=C.CC1(C)OB(c2ccc(-c3ccc(B4OC(C)(C)C(C)(C)O4)s3)s2)OC1(C)C.O=C(O)CCCCCOCc1ccc(I)s1.OCc1cccs1. The fourth-order valence-corrected chi connectivity index (χ4v) is 21.3. The summed E-state index contributed by atoms with van der Waals surface area (Å²) in [5.74, 6) is -1.36. The van der Waals surface area contributed by atoms with E-state index in [9.17, 15) is 19.2 Å². The number of hydrogen-bond acceptors (Lipinski definition) is 26. The predicted octanol–water partition coefficient (Wildman–Crippen LogP) is 26.7. The maximum atomic E-state index is 11.8. The molecule has 129 heavy (non-hydrogen) atoms. The third-order valence-electron chi connectivity index (χ3n) is 20.1. The topological polar surface area (TPSA) is 230 Å². The van der Waals surface area contributed by atoms with Crippen LogP contribution in [0, 0.1) is 2.88 Å². The molecule has 31 heteroatoms. The minimum absolute atomic E-state index is 0. The van der Waals surface area contributed by atoms with E-state index in [-0.39, 0.29) is 81.1 Å². The second kappa shape index (κ2) is 61.1. The van der Waals surface area contributed by atoms with Gasteiger partial charge in [-0.2, -0.15) is 0 Å². The number of esters is 3. The molecule has 0 radical (unpaired) electrons. The van der Waals surface area contributed by atoms with Crippen LogP contribution in [-0.2, 0) is 104 Å². The number of thiophene rings is 9. The Kier molecular flexibility index (Phi) is 53.8. The number of carboxylic acids is 1. The smallest absolute Gasteiger partial charge is 0.481 e. The molecule has 0 atom stereocenters. The van der Waals surface area contributed by atoms with E-state index >= 15 is 0 Å². The van der Waals surface area contributed by atoms with Crippen LogP contribution < -0.4 is 9.55 Å². The van der Waals surface area contributed by atoms with Crippen LogP contribution in [0.4, 0.5) is 0 Å². The molecule has 11 heterocycles. The van der Waals surface area contributed by atoms with Crippen molar-refractivity contribution in [2.45, 2.75) is 245 Å². The first-order valence-corrected chi connectivity index (χ1v) is 51.8. The molecule has 0 spiro atoms. The molecular formula is C98H128B2BrIO18S9. The highest BCUT2D eigenvalue weighted by molar-refractivity contribution is 14.1. The third-order valence-corrected chi connectivity index (χ3v) is 31.7. The number of aliphatic carboxylic acids is 1. The first-order chi connectivity index (χ1) is 61.3. The molecule has 0 unspecified atom stereocenters. The number of hydrogen-bond donors (Lipinski definition) is 3. The molecular weight excluding hydrogens is 1980 g/mol. The largest absolute Gasteiger partial charge is 0.505 e. The summed E-state index contributed by atoms with van der Waals surface area (Å²) in [5.41, 5.74) is -1.30. The van der Waals surface area contributed by atoms with Gasteiger partial charge in [0.15, 0.2) is 0 Å². The van der Waals surface area contributed by atoms with Crippen LogP contribution in [0.3, 0.4) is 0 Å². The number of carbonyl (C=O) groups excluding carboxylic acids is 3. The van der Waals surface area contributed by atoms with Gasteiger partial charge in [-0.3, -0.25) is 19.2 Å². The van der Waals surface area contributed by atoms with Gasteiger partial charge in [-0.1, -0.05) is 103 Å². The minimum atomic E-state index is -0.714. The van der Waals surface area contributed by atoms with Gasteiger partial charge in [-0.15, -0.1) is 115 Å². The average Bonchev–Trinajstić information content (AvgIpc) is 1.62.